The van der Waals surface area contributed by atoms with Crippen LogP contribution in [-0.2, 0) is 0 Å². The van der Waals surface area contributed by atoms with E-state index >= 15 is 0 Å². The van der Waals surface area contributed by atoms with E-state index in [1.54, 1.807) is 18.2 Å². The van der Waals surface area contributed by atoms with Gasteiger partial charge in [-0.15, -0.1) is 24.8 Å². The van der Waals surface area contributed by atoms with Crippen molar-refractivity contribution in [1.29, 1.82) is 0 Å². The van der Waals surface area contributed by atoms with Crippen LogP contribution in [-0.4, -0.2) is 16.6 Å². The molecule has 0 aliphatic carbocycles. The van der Waals surface area contributed by atoms with Gasteiger partial charge in [-0.2, -0.15) is 0 Å². The molecule has 8 heteroatoms. The lowest BCUT2D eigenvalue weighted by Crippen LogP contribution is -2.41. The van der Waals surface area contributed by atoms with Crippen molar-refractivity contribution in [3.8, 4) is 0 Å². The second-order valence-corrected chi connectivity index (χ2v) is 6.37. The van der Waals surface area contributed by atoms with Gasteiger partial charge in [-0.1, -0.05) is 30.3 Å². The fourth-order valence-corrected chi connectivity index (χ4v) is 1.81. The molecule has 3 N–H and O–H groups in total. The molecule has 0 bridgehead atoms. The minimum Gasteiger partial charge on any atom is -0.288 e. The predicted octanol–water partition coefficient (Wildman–Crippen LogP) is 4.53. The van der Waals surface area contributed by atoms with Crippen molar-refractivity contribution in [2.24, 2.45) is 5.84 Å². The highest BCUT2D eigenvalue weighted by molar-refractivity contribution is 6.68. The van der Waals surface area contributed by atoms with Crippen molar-refractivity contribution in [2.45, 2.75) is 26.3 Å². The third-order valence-electron chi connectivity index (χ3n) is 2.93. The van der Waals surface area contributed by atoms with Crippen LogP contribution in [0.1, 0.15) is 47.1 Å². The molecule has 2 aromatic rings. The van der Waals surface area contributed by atoms with Crippen LogP contribution in [0.15, 0.2) is 48.5 Å². The van der Waals surface area contributed by atoms with E-state index in [2.05, 4.69) is 5.43 Å². The minimum absolute atomic E-state index is 0. The molecule has 0 atom stereocenters. The van der Waals surface area contributed by atoms with Crippen molar-refractivity contribution < 1.29 is 14.0 Å². The Morgan fingerprint density at radius 2 is 1.31 bits per heavy atom. The second kappa shape index (κ2) is 12.0. The Hall–Kier alpha value is -1.50. The zero-order valence-corrected chi connectivity index (χ0v) is 17.0. The number of benzene rings is 2. The Kier molecular flexibility index (Phi) is 12.3. The van der Waals surface area contributed by atoms with Gasteiger partial charge in [0.05, 0.1) is 5.56 Å². The van der Waals surface area contributed by atoms with Crippen LogP contribution >= 0.6 is 36.4 Å². The average Bonchev–Trinajstić information content (AvgIpc) is 2.54. The second-order valence-electron chi connectivity index (χ2n) is 6.02. The zero-order valence-electron chi connectivity index (χ0n) is 14.6. The van der Waals surface area contributed by atoms with Crippen molar-refractivity contribution in [3.63, 3.8) is 0 Å². The van der Waals surface area contributed by atoms with Gasteiger partial charge in [0.1, 0.15) is 5.82 Å². The first kappa shape index (κ1) is 26.7. The highest BCUT2D eigenvalue weighted by Gasteiger charge is 2.18. The Bertz CT molecular complexity index is 734. The molecule has 2 rings (SSSR count). The number of halogens is 4. The molecule has 0 spiro atoms. The summed E-state index contributed by atoms with van der Waals surface area (Å²) in [6.07, 6.45) is 0. The Morgan fingerprint density at radius 1 is 0.923 bits per heavy atom. The molecule has 0 unspecified atom stereocenters. The van der Waals surface area contributed by atoms with E-state index in [4.69, 9.17) is 17.4 Å². The van der Waals surface area contributed by atoms with Crippen molar-refractivity contribution in [2.75, 3.05) is 0 Å². The number of carbonyl (C=O) groups excluding carboxylic acids is 2. The van der Waals surface area contributed by atoms with Crippen LogP contribution in [0.4, 0.5) is 4.39 Å². The third kappa shape index (κ3) is 8.25. The van der Waals surface area contributed by atoms with Crippen LogP contribution in [0.25, 0.3) is 0 Å². The van der Waals surface area contributed by atoms with Crippen LogP contribution in [0.3, 0.4) is 0 Å². The summed E-state index contributed by atoms with van der Waals surface area (Å²) in [5.41, 5.74) is 2.77. The Labute approximate surface area is 170 Å². The molecular formula is C18H22Cl3FN2O2. The van der Waals surface area contributed by atoms with E-state index in [-0.39, 0.29) is 47.0 Å². The first-order valence-corrected chi connectivity index (χ1v) is 7.61. The molecule has 0 saturated heterocycles. The summed E-state index contributed by atoms with van der Waals surface area (Å²) in [6, 6.07) is 11.7. The largest absolute Gasteiger partial charge is 0.288 e. The van der Waals surface area contributed by atoms with Gasteiger partial charge in [-0.3, -0.25) is 20.9 Å². The normalized spacial score (nSPS) is 9.77. The fourth-order valence-electron chi connectivity index (χ4n) is 1.64. The van der Waals surface area contributed by atoms with Gasteiger partial charge >= 0.3 is 0 Å². The number of nitrogens with two attached hydrogens (primary N) is 1. The maximum atomic E-state index is 13.5. The van der Waals surface area contributed by atoms with Gasteiger partial charge in [0, 0.05) is 16.7 Å². The topological polar surface area (TPSA) is 72.2 Å². The maximum absolute atomic E-state index is 13.5. The number of ketones is 1. The van der Waals surface area contributed by atoms with E-state index in [9.17, 15) is 14.0 Å². The van der Waals surface area contributed by atoms with Crippen molar-refractivity contribution in [3.05, 3.63) is 71.0 Å². The summed E-state index contributed by atoms with van der Waals surface area (Å²) < 4.78 is 13.5. The van der Waals surface area contributed by atoms with Gasteiger partial charge in [-0.05, 0) is 50.6 Å². The number of hydrogen-bond donors (Lipinski definition) is 2. The molecule has 0 heterocycles. The minimum atomic E-state index is -0.740. The fraction of sp³-hybridized carbons (Fsp3) is 0.222. The van der Waals surface area contributed by atoms with Crippen molar-refractivity contribution in [1.82, 2.24) is 5.43 Å². The number of hydrogen-bond acceptors (Lipinski definition) is 4. The summed E-state index contributed by atoms with van der Waals surface area (Å²) in [5, 5.41) is -0.740. The molecule has 144 valence electrons. The molecule has 0 aromatic heterocycles. The smallest absolute Gasteiger partial charge is 0.253 e. The number of rotatable bonds is 3. The lowest BCUT2D eigenvalue weighted by molar-refractivity contribution is 0.102. The summed E-state index contributed by atoms with van der Waals surface area (Å²) in [6.45, 7) is 6.02. The number of nitrogens with one attached hydrogen (secondary N) is 1. The summed E-state index contributed by atoms with van der Waals surface area (Å²) in [7, 11) is 0. The molecular weight excluding hydrogens is 402 g/mol. The van der Waals surface area contributed by atoms with Gasteiger partial charge in [0.2, 0.25) is 0 Å². The first-order valence-electron chi connectivity index (χ1n) is 7.23. The van der Waals surface area contributed by atoms with Crippen LogP contribution in [0.2, 0.25) is 0 Å². The molecule has 0 fully saturated rings. The zero-order chi connectivity index (χ0) is 18.3. The molecule has 4 nitrogen and oxygen atoms in total. The van der Waals surface area contributed by atoms with E-state index in [1.165, 1.54) is 30.3 Å². The Balaban J connectivity index is 0. The van der Waals surface area contributed by atoms with E-state index < -0.39 is 16.8 Å². The maximum Gasteiger partial charge on any atom is 0.253 e. The highest BCUT2D eigenvalue weighted by atomic mass is 35.5. The van der Waals surface area contributed by atoms with Gasteiger partial charge in [0.25, 0.3) is 5.24 Å². The van der Waals surface area contributed by atoms with E-state index in [0.29, 0.717) is 0 Å². The monoisotopic (exact) mass is 422 g/mol. The summed E-state index contributed by atoms with van der Waals surface area (Å²) >= 11 is 5.39. The lowest BCUT2D eigenvalue weighted by atomic mass is 9.98. The SMILES string of the molecule is CC(C)(C)NN.Cl.Cl.O=C(Cl)c1ccccc1C(=O)c1ccccc1F. The third-order valence-corrected chi connectivity index (χ3v) is 3.14. The molecule has 0 aliphatic heterocycles. The van der Waals surface area contributed by atoms with E-state index in [0.717, 1.165) is 0 Å². The highest BCUT2D eigenvalue weighted by Crippen LogP contribution is 2.18. The molecule has 0 aliphatic rings. The molecule has 0 radical (unpaired) electrons. The molecule has 26 heavy (non-hydrogen) atoms. The standard InChI is InChI=1S/C14H8ClFO2.C4H12N2.2ClH/c15-14(18)10-6-2-1-5-9(10)13(17)11-7-3-4-8-12(11)16;1-4(2,3)6-5;;/h1-8H;6H,5H2,1-3H3;2*1H. The number of carbonyl (C=O) groups is 2. The molecule has 0 amide bonds. The summed E-state index contributed by atoms with van der Waals surface area (Å²) in [4.78, 5) is 23.3. The average molecular weight is 424 g/mol. The molecule has 0 saturated carbocycles. The van der Waals surface area contributed by atoms with E-state index in [1.807, 2.05) is 20.8 Å². The molecule has 2 aromatic carbocycles. The van der Waals surface area contributed by atoms with Gasteiger partial charge in [0.15, 0.2) is 5.78 Å². The summed E-state index contributed by atoms with van der Waals surface area (Å²) in [5.74, 6) is 3.87. The predicted molar refractivity (Wildman–Crippen MR) is 108 cm³/mol. The van der Waals surface area contributed by atoms with Gasteiger partial charge < -0.3 is 0 Å². The quantitative estimate of drug-likeness (QED) is 0.329. The van der Waals surface area contributed by atoms with Gasteiger partial charge in [-0.25, -0.2) is 4.39 Å². The number of hydrazine groups is 1. The Morgan fingerprint density at radius 3 is 1.69 bits per heavy atom. The van der Waals surface area contributed by atoms with Crippen molar-refractivity contribution >= 4 is 47.4 Å². The van der Waals surface area contributed by atoms with Crippen LogP contribution in [0, 0.1) is 5.82 Å². The van der Waals surface area contributed by atoms with Crippen LogP contribution < -0.4 is 11.3 Å². The first-order chi connectivity index (χ1) is 11.2. The lowest BCUT2D eigenvalue weighted by Gasteiger charge is -2.14. The van der Waals surface area contributed by atoms with Crippen LogP contribution in [0.5, 0.6) is 0 Å².